The minimum Gasteiger partial charge on any atom is -0.356 e. The maximum Gasteiger partial charge on any atom is 0.225 e. The van der Waals surface area contributed by atoms with Gasteiger partial charge in [-0.2, -0.15) is 0 Å². The van der Waals surface area contributed by atoms with Gasteiger partial charge in [-0.1, -0.05) is 78.1 Å². The molecule has 1 rings (SSSR count). The summed E-state index contributed by atoms with van der Waals surface area (Å²) in [6.45, 7) is 7.11. The van der Waals surface area contributed by atoms with Crippen molar-refractivity contribution in [3.05, 3.63) is 0 Å². The van der Waals surface area contributed by atoms with Gasteiger partial charge in [-0.3, -0.25) is 9.59 Å². The number of unbranched alkanes of at least 4 members (excludes halogenated alkanes) is 10. The van der Waals surface area contributed by atoms with Crippen LogP contribution >= 0.6 is 0 Å². The molecular formula is C22H43N3O2. The maximum absolute atomic E-state index is 12.4. The molecule has 2 amide bonds. The van der Waals surface area contributed by atoms with E-state index in [2.05, 4.69) is 29.8 Å². The van der Waals surface area contributed by atoms with Crippen LogP contribution in [0.15, 0.2) is 0 Å². The maximum atomic E-state index is 12.4. The normalized spacial score (nSPS) is 19.2. The lowest BCUT2D eigenvalue weighted by molar-refractivity contribution is -0.132. The first-order valence-corrected chi connectivity index (χ1v) is 11.5. The highest BCUT2D eigenvalue weighted by Gasteiger charge is 2.37. The summed E-state index contributed by atoms with van der Waals surface area (Å²) in [7, 11) is 0. The van der Waals surface area contributed by atoms with Crippen molar-refractivity contribution in [2.45, 2.75) is 90.9 Å². The summed E-state index contributed by atoms with van der Waals surface area (Å²) in [6.07, 6.45) is 14.6. The van der Waals surface area contributed by atoms with Crippen LogP contribution in [0.25, 0.3) is 0 Å². The predicted octanol–water partition coefficient (Wildman–Crippen LogP) is 3.78. The van der Waals surface area contributed by atoms with Gasteiger partial charge < -0.3 is 16.0 Å². The first-order chi connectivity index (χ1) is 13.2. The summed E-state index contributed by atoms with van der Waals surface area (Å²) in [5, 5.41) is 9.29. The highest BCUT2D eigenvalue weighted by Crippen LogP contribution is 2.17. The number of hydrogen-bond acceptors (Lipinski definition) is 3. The van der Waals surface area contributed by atoms with Gasteiger partial charge in [0.25, 0.3) is 0 Å². The Bertz CT molecular complexity index is 365. The zero-order valence-electron chi connectivity index (χ0n) is 17.8. The van der Waals surface area contributed by atoms with Crippen molar-refractivity contribution in [1.82, 2.24) is 16.0 Å². The van der Waals surface area contributed by atoms with Crippen molar-refractivity contribution in [3.63, 3.8) is 0 Å². The van der Waals surface area contributed by atoms with Gasteiger partial charge in [0.2, 0.25) is 11.8 Å². The van der Waals surface area contributed by atoms with Crippen LogP contribution in [0.1, 0.15) is 90.9 Å². The summed E-state index contributed by atoms with van der Waals surface area (Å²) in [5.41, 5.74) is 0. The van der Waals surface area contributed by atoms with Crippen LogP contribution in [0.3, 0.4) is 0 Å². The largest absolute Gasteiger partial charge is 0.356 e. The standard InChI is InChI=1S/C22H43N3O2/c1-3-5-7-9-11-13-15-24-21(26)19-17-23-18-20(19)22(27)25-16-14-12-10-8-6-4-2/h19-20,23H,3-18H2,1-2H3,(H,24,26)(H,25,27). The van der Waals surface area contributed by atoms with Gasteiger partial charge in [0.05, 0.1) is 11.8 Å². The van der Waals surface area contributed by atoms with Crippen LogP contribution in [0, 0.1) is 11.8 Å². The third-order valence-electron chi connectivity index (χ3n) is 5.55. The molecule has 1 aliphatic rings. The summed E-state index contributed by atoms with van der Waals surface area (Å²) in [5.74, 6) is -0.383. The molecule has 158 valence electrons. The van der Waals surface area contributed by atoms with E-state index < -0.39 is 0 Å². The first kappa shape index (κ1) is 23.9. The molecule has 0 aromatic heterocycles. The van der Waals surface area contributed by atoms with E-state index in [0.29, 0.717) is 13.1 Å². The van der Waals surface area contributed by atoms with E-state index in [-0.39, 0.29) is 23.7 Å². The van der Waals surface area contributed by atoms with Crippen LogP contribution in [0.5, 0.6) is 0 Å². The molecule has 2 unspecified atom stereocenters. The van der Waals surface area contributed by atoms with Crippen molar-refractivity contribution in [1.29, 1.82) is 0 Å². The Hall–Kier alpha value is -1.10. The lowest BCUT2D eigenvalue weighted by Gasteiger charge is -2.18. The fourth-order valence-electron chi connectivity index (χ4n) is 3.73. The Morgan fingerprint density at radius 3 is 1.44 bits per heavy atom. The van der Waals surface area contributed by atoms with Crippen molar-refractivity contribution < 1.29 is 9.59 Å². The Morgan fingerprint density at radius 1 is 0.667 bits per heavy atom. The molecule has 1 saturated heterocycles. The average Bonchev–Trinajstić information content (AvgIpc) is 3.16. The van der Waals surface area contributed by atoms with Crippen molar-refractivity contribution in [2.75, 3.05) is 26.2 Å². The summed E-state index contributed by atoms with van der Waals surface area (Å²) < 4.78 is 0. The molecule has 1 fully saturated rings. The van der Waals surface area contributed by atoms with Gasteiger partial charge in [0.15, 0.2) is 0 Å². The van der Waals surface area contributed by atoms with E-state index in [0.717, 1.165) is 25.9 Å². The molecule has 0 aromatic rings. The third-order valence-corrected chi connectivity index (χ3v) is 5.55. The van der Waals surface area contributed by atoms with Gasteiger partial charge in [0.1, 0.15) is 0 Å². The number of rotatable bonds is 16. The fraction of sp³-hybridized carbons (Fsp3) is 0.909. The monoisotopic (exact) mass is 381 g/mol. The second-order valence-corrected chi connectivity index (χ2v) is 7.99. The van der Waals surface area contributed by atoms with Crippen molar-refractivity contribution in [3.8, 4) is 0 Å². The molecule has 0 aromatic carbocycles. The lowest BCUT2D eigenvalue weighted by Crippen LogP contribution is -2.42. The van der Waals surface area contributed by atoms with Crippen LogP contribution < -0.4 is 16.0 Å². The molecule has 0 radical (unpaired) electrons. The third kappa shape index (κ3) is 10.7. The Balaban J connectivity index is 2.15. The minimum atomic E-state index is -0.227. The highest BCUT2D eigenvalue weighted by molar-refractivity contribution is 5.88. The van der Waals surface area contributed by atoms with Gasteiger partial charge in [0, 0.05) is 26.2 Å². The predicted molar refractivity (Wildman–Crippen MR) is 113 cm³/mol. The van der Waals surface area contributed by atoms with E-state index in [1.165, 1.54) is 64.2 Å². The van der Waals surface area contributed by atoms with Gasteiger partial charge in [-0.25, -0.2) is 0 Å². The number of carbonyl (C=O) groups is 2. The number of carbonyl (C=O) groups excluding carboxylic acids is 2. The second kappa shape index (κ2) is 15.9. The molecule has 1 aliphatic heterocycles. The van der Waals surface area contributed by atoms with E-state index in [1.807, 2.05) is 0 Å². The van der Waals surface area contributed by atoms with E-state index in [1.54, 1.807) is 0 Å². The number of amides is 2. The number of hydrogen-bond donors (Lipinski definition) is 3. The zero-order chi connectivity index (χ0) is 19.7. The Labute approximate surface area is 166 Å². The molecule has 5 nitrogen and oxygen atoms in total. The Morgan fingerprint density at radius 2 is 1.04 bits per heavy atom. The molecule has 0 aliphatic carbocycles. The van der Waals surface area contributed by atoms with Crippen LogP contribution in [-0.4, -0.2) is 38.0 Å². The summed E-state index contributed by atoms with van der Waals surface area (Å²) in [6, 6.07) is 0. The topological polar surface area (TPSA) is 70.2 Å². The molecule has 5 heteroatoms. The smallest absolute Gasteiger partial charge is 0.225 e. The molecule has 0 bridgehead atoms. The van der Waals surface area contributed by atoms with Crippen LogP contribution in [0.4, 0.5) is 0 Å². The molecule has 0 spiro atoms. The molecule has 0 saturated carbocycles. The first-order valence-electron chi connectivity index (χ1n) is 11.5. The summed E-state index contributed by atoms with van der Waals surface area (Å²) in [4.78, 5) is 24.9. The van der Waals surface area contributed by atoms with Crippen molar-refractivity contribution >= 4 is 11.8 Å². The quantitative estimate of drug-likeness (QED) is 0.356. The van der Waals surface area contributed by atoms with Crippen molar-refractivity contribution in [2.24, 2.45) is 11.8 Å². The van der Waals surface area contributed by atoms with Gasteiger partial charge >= 0.3 is 0 Å². The van der Waals surface area contributed by atoms with E-state index in [9.17, 15) is 9.59 Å². The van der Waals surface area contributed by atoms with Crippen LogP contribution in [-0.2, 0) is 9.59 Å². The molecular weight excluding hydrogens is 338 g/mol. The van der Waals surface area contributed by atoms with E-state index in [4.69, 9.17) is 0 Å². The second-order valence-electron chi connectivity index (χ2n) is 7.99. The fourth-order valence-corrected chi connectivity index (χ4v) is 3.73. The molecule has 1 heterocycles. The van der Waals surface area contributed by atoms with E-state index >= 15 is 0 Å². The lowest BCUT2D eigenvalue weighted by atomic mass is 9.94. The average molecular weight is 382 g/mol. The van der Waals surface area contributed by atoms with Gasteiger partial charge in [-0.05, 0) is 12.8 Å². The minimum absolute atomic E-state index is 0.0354. The highest BCUT2D eigenvalue weighted by atomic mass is 16.2. The van der Waals surface area contributed by atoms with Gasteiger partial charge in [-0.15, -0.1) is 0 Å². The molecule has 27 heavy (non-hydrogen) atoms. The zero-order valence-corrected chi connectivity index (χ0v) is 17.8. The molecule has 3 N–H and O–H groups in total. The SMILES string of the molecule is CCCCCCCCNC(=O)C1CNCC1C(=O)NCCCCCCCC. The Kier molecular flexibility index (Phi) is 14.1. The molecule has 2 atom stereocenters. The van der Waals surface area contributed by atoms with Crippen LogP contribution in [0.2, 0.25) is 0 Å². The number of nitrogens with one attached hydrogen (secondary N) is 3. The summed E-state index contributed by atoms with van der Waals surface area (Å²) >= 11 is 0.